The maximum atomic E-state index is 13.0. The molecule has 9 heteroatoms. The van der Waals surface area contributed by atoms with Gasteiger partial charge in [-0.3, -0.25) is 14.6 Å². The van der Waals surface area contributed by atoms with Crippen LogP contribution in [0.15, 0.2) is 66.6 Å². The van der Waals surface area contributed by atoms with Gasteiger partial charge >= 0.3 is 0 Å². The summed E-state index contributed by atoms with van der Waals surface area (Å²) in [4.78, 5) is 36.0. The van der Waals surface area contributed by atoms with Gasteiger partial charge in [0.2, 0.25) is 0 Å². The number of likely N-dealkylation sites (tertiary alicyclic amines) is 2. The molecule has 2 aliphatic heterocycles. The summed E-state index contributed by atoms with van der Waals surface area (Å²) >= 11 is 1.87. The largest absolute Gasteiger partial charge is 0.347 e. The van der Waals surface area contributed by atoms with Crippen molar-refractivity contribution in [1.82, 2.24) is 34.6 Å². The number of rotatable bonds is 9. The lowest BCUT2D eigenvalue weighted by Gasteiger charge is -2.25. The molecule has 37 heavy (non-hydrogen) atoms. The molecule has 0 saturated carbocycles. The molecule has 5 heterocycles. The van der Waals surface area contributed by atoms with E-state index in [0.717, 1.165) is 24.5 Å². The molecule has 0 radical (unpaired) electrons. The van der Waals surface area contributed by atoms with Crippen LogP contribution in [0.5, 0.6) is 0 Å². The predicted molar refractivity (Wildman–Crippen MR) is 144 cm³/mol. The van der Waals surface area contributed by atoms with E-state index in [1.165, 1.54) is 49.5 Å². The number of nitrogens with one attached hydrogen (secondary N) is 2. The van der Waals surface area contributed by atoms with Crippen LogP contribution in [0.3, 0.4) is 0 Å². The Morgan fingerprint density at radius 3 is 2.32 bits per heavy atom. The minimum Gasteiger partial charge on any atom is -0.347 e. The number of aromatic nitrogens is 4. The summed E-state index contributed by atoms with van der Waals surface area (Å²) in [5, 5.41) is 2.18. The van der Waals surface area contributed by atoms with E-state index in [0.29, 0.717) is 24.3 Å². The summed E-state index contributed by atoms with van der Waals surface area (Å²) in [5.74, 6) is 0.949. The van der Waals surface area contributed by atoms with Gasteiger partial charge in [0.1, 0.15) is 5.82 Å². The van der Waals surface area contributed by atoms with Crippen molar-refractivity contribution in [2.45, 2.75) is 39.0 Å². The van der Waals surface area contributed by atoms with Crippen molar-refractivity contribution in [2.24, 2.45) is 5.41 Å². The predicted octanol–water partition coefficient (Wildman–Crippen LogP) is 4.13. The van der Waals surface area contributed by atoms with Gasteiger partial charge in [-0.15, -0.1) is 11.3 Å². The van der Waals surface area contributed by atoms with E-state index in [2.05, 4.69) is 71.5 Å². The zero-order valence-electron chi connectivity index (χ0n) is 21.0. The third kappa shape index (κ3) is 5.69. The van der Waals surface area contributed by atoms with E-state index in [4.69, 9.17) is 0 Å². The molecular formula is C28H33N7OS. The summed E-state index contributed by atoms with van der Waals surface area (Å²) in [6, 6.07) is 13.1. The number of benzene rings is 1. The second-order valence-electron chi connectivity index (χ2n) is 10.5. The number of hydrogen-bond acceptors (Lipinski definition) is 6. The lowest BCUT2D eigenvalue weighted by atomic mass is 9.86. The van der Waals surface area contributed by atoms with Crippen LogP contribution in [-0.4, -0.2) is 66.7 Å². The van der Waals surface area contributed by atoms with Crippen molar-refractivity contribution in [3.63, 3.8) is 0 Å². The molecule has 4 aromatic rings. The summed E-state index contributed by atoms with van der Waals surface area (Å²) < 4.78 is 0. The summed E-state index contributed by atoms with van der Waals surface area (Å²) in [5.41, 5.74) is 2.87. The number of imidazole rings is 2. The molecule has 1 atom stereocenters. The first kappa shape index (κ1) is 24.1. The van der Waals surface area contributed by atoms with Gasteiger partial charge in [0.05, 0.1) is 6.54 Å². The van der Waals surface area contributed by atoms with Crippen molar-refractivity contribution in [2.75, 3.05) is 26.2 Å². The zero-order valence-corrected chi connectivity index (χ0v) is 21.8. The van der Waals surface area contributed by atoms with Crippen LogP contribution < -0.4 is 0 Å². The average molecular weight is 516 g/mol. The number of aromatic amines is 2. The summed E-state index contributed by atoms with van der Waals surface area (Å²) in [6.45, 7) is 7.75. The minimum absolute atomic E-state index is 0.141. The number of hydrogen-bond donors (Lipinski definition) is 2. The standard InChI is InChI=1S/C28H33N7OS/c36-27(26-31-11-12-32-26)35(19-25-29-9-10-30-25)17-23-5-3-22(4-6-23)16-33-13-7-28(20-33)8-14-34(21-28)18-24-2-1-15-37-24/h1-6,9-12,15H,7-8,13-14,16-21H2,(H,29,30)(H,31,32). The first-order valence-electron chi connectivity index (χ1n) is 13.0. The molecule has 3 aromatic heterocycles. The third-order valence-corrected chi connectivity index (χ3v) is 8.54. The fourth-order valence-corrected chi connectivity index (χ4v) is 6.55. The highest BCUT2D eigenvalue weighted by Gasteiger charge is 2.43. The highest BCUT2D eigenvalue weighted by atomic mass is 32.1. The van der Waals surface area contributed by atoms with E-state index < -0.39 is 0 Å². The van der Waals surface area contributed by atoms with Crippen LogP contribution in [0.4, 0.5) is 0 Å². The molecule has 0 aliphatic carbocycles. The second kappa shape index (κ2) is 10.6. The van der Waals surface area contributed by atoms with Gasteiger partial charge in [0.25, 0.3) is 5.91 Å². The number of amides is 1. The van der Waals surface area contributed by atoms with Gasteiger partial charge in [-0.2, -0.15) is 0 Å². The van der Waals surface area contributed by atoms with Crippen LogP contribution in [0.25, 0.3) is 0 Å². The monoisotopic (exact) mass is 515 g/mol. The number of carbonyl (C=O) groups is 1. The van der Waals surface area contributed by atoms with E-state index in [1.807, 2.05) is 11.3 Å². The van der Waals surface area contributed by atoms with Crippen molar-refractivity contribution in [3.05, 3.63) is 94.2 Å². The fourth-order valence-electron chi connectivity index (χ4n) is 5.81. The molecule has 8 nitrogen and oxygen atoms in total. The van der Waals surface area contributed by atoms with Crippen LogP contribution in [0, 0.1) is 5.41 Å². The number of H-pyrrole nitrogens is 2. The Hall–Kier alpha value is -3.27. The molecule has 0 bridgehead atoms. The first-order chi connectivity index (χ1) is 18.1. The highest BCUT2D eigenvalue weighted by Crippen LogP contribution is 2.40. The Labute approximate surface area is 221 Å². The Bertz CT molecular complexity index is 1270. The number of nitrogens with zero attached hydrogens (tertiary/aromatic N) is 5. The van der Waals surface area contributed by atoms with E-state index in [1.54, 1.807) is 29.7 Å². The van der Waals surface area contributed by atoms with Crippen molar-refractivity contribution < 1.29 is 4.79 Å². The van der Waals surface area contributed by atoms with Gasteiger partial charge in [-0.25, -0.2) is 9.97 Å². The average Bonchev–Trinajstić information content (AvgIpc) is 3.73. The van der Waals surface area contributed by atoms with Gasteiger partial charge in [0.15, 0.2) is 5.82 Å². The third-order valence-electron chi connectivity index (χ3n) is 7.68. The lowest BCUT2D eigenvalue weighted by molar-refractivity contribution is 0.0714. The minimum atomic E-state index is -0.141. The summed E-state index contributed by atoms with van der Waals surface area (Å²) in [6.07, 6.45) is 9.35. The number of thiophene rings is 1. The lowest BCUT2D eigenvalue weighted by Crippen LogP contribution is -2.31. The molecule has 2 aliphatic rings. The Morgan fingerprint density at radius 2 is 1.65 bits per heavy atom. The maximum Gasteiger partial charge on any atom is 0.290 e. The van der Waals surface area contributed by atoms with Crippen molar-refractivity contribution in [1.29, 1.82) is 0 Å². The molecular weight excluding hydrogens is 482 g/mol. The Balaban J connectivity index is 1.05. The SMILES string of the molecule is O=C(c1ncc[nH]1)N(Cc1ccc(CN2CCC3(CCN(Cc4cccs4)C3)C2)cc1)Cc1ncc[nH]1. The molecule has 1 aromatic carbocycles. The fraction of sp³-hybridized carbons (Fsp3) is 0.393. The smallest absolute Gasteiger partial charge is 0.290 e. The van der Waals surface area contributed by atoms with Gasteiger partial charge < -0.3 is 14.9 Å². The van der Waals surface area contributed by atoms with Crippen LogP contribution in [-0.2, 0) is 26.2 Å². The summed E-state index contributed by atoms with van der Waals surface area (Å²) in [7, 11) is 0. The van der Waals surface area contributed by atoms with Gasteiger partial charge in [0, 0.05) is 62.4 Å². The van der Waals surface area contributed by atoms with Crippen molar-refractivity contribution >= 4 is 17.2 Å². The normalized spacial score (nSPS) is 20.2. The van der Waals surface area contributed by atoms with Gasteiger partial charge in [-0.05, 0) is 53.9 Å². The van der Waals surface area contributed by atoms with Crippen molar-refractivity contribution in [3.8, 4) is 0 Å². The molecule has 192 valence electrons. The van der Waals surface area contributed by atoms with Crippen LogP contribution in [0.1, 0.15) is 45.3 Å². The van der Waals surface area contributed by atoms with E-state index in [-0.39, 0.29) is 5.91 Å². The second-order valence-corrected chi connectivity index (χ2v) is 11.5. The van der Waals surface area contributed by atoms with Crippen LogP contribution >= 0.6 is 11.3 Å². The number of carbonyl (C=O) groups excluding carboxylic acids is 1. The first-order valence-corrected chi connectivity index (χ1v) is 13.8. The molecule has 1 spiro atoms. The highest BCUT2D eigenvalue weighted by molar-refractivity contribution is 7.09. The zero-order chi connectivity index (χ0) is 25.1. The van der Waals surface area contributed by atoms with E-state index >= 15 is 0 Å². The van der Waals surface area contributed by atoms with Crippen LogP contribution in [0.2, 0.25) is 0 Å². The molecule has 6 rings (SSSR count). The topological polar surface area (TPSA) is 84.2 Å². The molecule has 2 N–H and O–H groups in total. The molecule has 2 fully saturated rings. The molecule has 1 unspecified atom stereocenters. The quantitative estimate of drug-likeness (QED) is 0.350. The maximum absolute atomic E-state index is 13.0. The van der Waals surface area contributed by atoms with E-state index in [9.17, 15) is 4.79 Å². The molecule has 2 saturated heterocycles. The Morgan fingerprint density at radius 1 is 0.919 bits per heavy atom. The molecule has 1 amide bonds. The van der Waals surface area contributed by atoms with Gasteiger partial charge in [-0.1, -0.05) is 30.3 Å². The Kier molecular flexibility index (Phi) is 6.91.